The van der Waals surface area contributed by atoms with Crippen molar-refractivity contribution in [2.24, 2.45) is 0 Å². The minimum Gasteiger partial charge on any atom is -0.508 e. The van der Waals surface area contributed by atoms with Crippen LogP contribution in [0.25, 0.3) is 0 Å². The summed E-state index contributed by atoms with van der Waals surface area (Å²) in [6, 6.07) is 15.1. The first-order valence-electron chi connectivity index (χ1n) is 8.49. The Labute approximate surface area is 157 Å². The zero-order chi connectivity index (χ0) is 18.1. The number of carbonyl (C=O) groups is 1. The summed E-state index contributed by atoms with van der Waals surface area (Å²) in [5.41, 5.74) is 1.74. The molecule has 0 aliphatic heterocycles. The van der Waals surface area contributed by atoms with Crippen molar-refractivity contribution in [3.8, 4) is 5.75 Å². The van der Waals surface area contributed by atoms with E-state index < -0.39 is 0 Å². The number of aromatic hydroxyl groups is 1. The van der Waals surface area contributed by atoms with E-state index in [1.54, 1.807) is 12.1 Å². The van der Waals surface area contributed by atoms with Crippen LogP contribution in [-0.2, 0) is 9.53 Å². The molecule has 0 aliphatic carbocycles. The molecule has 0 bridgehead atoms. The van der Waals surface area contributed by atoms with Crippen LogP contribution in [0.2, 0.25) is 0 Å². The average molecular weight is 406 g/mol. The first kappa shape index (κ1) is 19.5. The molecule has 2 aromatic carbocycles. The minimum absolute atomic E-state index is 0.0373. The lowest BCUT2D eigenvalue weighted by atomic mass is 9.87. The maximum Gasteiger partial charge on any atom is 0.220 e. The number of benzene rings is 2. The van der Waals surface area contributed by atoms with Crippen LogP contribution < -0.4 is 5.32 Å². The quantitative estimate of drug-likeness (QED) is 0.613. The zero-order valence-corrected chi connectivity index (χ0v) is 16.0. The van der Waals surface area contributed by atoms with E-state index in [4.69, 9.17) is 4.74 Å². The van der Waals surface area contributed by atoms with E-state index in [0.29, 0.717) is 19.8 Å². The molecule has 0 aromatic heterocycles. The van der Waals surface area contributed by atoms with Crippen molar-refractivity contribution in [2.75, 3.05) is 19.8 Å². The van der Waals surface area contributed by atoms with Crippen LogP contribution in [0.15, 0.2) is 53.0 Å². The van der Waals surface area contributed by atoms with Gasteiger partial charge < -0.3 is 15.2 Å². The molecule has 1 atom stereocenters. The second-order valence-electron chi connectivity index (χ2n) is 5.77. The SMILES string of the molecule is CCOCCCNC(=O)CC(c1ccccc1)c1cc(Br)ccc1O. The molecular weight excluding hydrogens is 382 g/mol. The Morgan fingerprint density at radius 3 is 2.72 bits per heavy atom. The summed E-state index contributed by atoms with van der Waals surface area (Å²) in [5, 5.41) is 13.2. The van der Waals surface area contributed by atoms with Crippen LogP contribution in [0.3, 0.4) is 0 Å². The molecule has 25 heavy (non-hydrogen) atoms. The zero-order valence-electron chi connectivity index (χ0n) is 14.4. The maximum absolute atomic E-state index is 12.4. The van der Waals surface area contributed by atoms with E-state index in [1.807, 2.05) is 43.3 Å². The van der Waals surface area contributed by atoms with Gasteiger partial charge in [0.05, 0.1) is 0 Å². The molecule has 0 heterocycles. The van der Waals surface area contributed by atoms with Gasteiger partial charge in [0, 0.05) is 42.1 Å². The summed E-state index contributed by atoms with van der Waals surface area (Å²) < 4.78 is 6.15. The summed E-state index contributed by atoms with van der Waals surface area (Å²) in [4.78, 5) is 12.4. The first-order chi connectivity index (χ1) is 12.1. The highest BCUT2D eigenvalue weighted by molar-refractivity contribution is 9.10. The monoisotopic (exact) mass is 405 g/mol. The van der Waals surface area contributed by atoms with E-state index >= 15 is 0 Å². The third-order valence-corrected chi connectivity index (χ3v) is 4.44. The minimum atomic E-state index is -0.203. The Morgan fingerprint density at radius 1 is 1.24 bits per heavy atom. The molecule has 1 amide bonds. The second-order valence-corrected chi connectivity index (χ2v) is 6.69. The molecule has 2 aromatic rings. The van der Waals surface area contributed by atoms with Crippen molar-refractivity contribution in [2.45, 2.75) is 25.7 Å². The molecule has 1 unspecified atom stereocenters. The third kappa shape index (κ3) is 6.18. The highest BCUT2D eigenvalue weighted by Gasteiger charge is 2.21. The standard InChI is InChI=1S/C20H24BrNO3/c1-2-25-12-6-11-22-20(24)14-17(15-7-4-3-5-8-15)18-13-16(21)9-10-19(18)23/h3-5,7-10,13,17,23H,2,6,11-12,14H2,1H3,(H,22,24). The number of carbonyl (C=O) groups excluding carboxylic acids is 1. The summed E-state index contributed by atoms with van der Waals surface area (Å²) in [5.74, 6) is -0.0449. The highest BCUT2D eigenvalue weighted by atomic mass is 79.9. The van der Waals surface area contributed by atoms with Gasteiger partial charge in [0.25, 0.3) is 0 Å². The van der Waals surface area contributed by atoms with Gasteiger partial charge in [-0.2, -0.15) is 0 Å². The van der Waals surface area contributed by atoms with Gasteiger partial charge in [0.1, 0.15) is 5.75 Å². The molecule has 0 fully saturated rings. The van der Waals surface area contributed by atoms with Crippen LogP contribution in [-0.4, -0.2) is 30.8 Å². The van der Waals surface area contributed by atoms with Gasteiger partial charge >= 0.3 is 0 Å². The van der Waals surface area contributed by atoms with Crippen molar-refractivity contribution in [3.63, 3.8) is 0 Å². The number of hydrogen-bond acceptors (Lipinski definition) is 3. The van der Waals surface area contributed by atoms with Crippen LogP contribution >= 0.6 is 15.9 Å². The Balaban J connectivity index is 2.11. The topological polar surface area (TPSA) is 58.6 Å². The van der Waals surface area contributed by atoms with Gasteiger partial charge in [0.2, 0.25) is 5.91 Å². The van der Waals surface area contributed by atoms with Gasteiger partial charge in [-0.1, -0.05) is 46.3 Å². The molecule has 0 saturated heterocycles. The van der Waals surface area contributed by atoms with E-state index in [9.17, 15) is 9.90 Å². The van der Waals surface area contributed by atoms with Crippen molar-refractivity contribution in [1.82, 2.24) is 5.32 Å². The average Bonchev–Trinajstić information content (AvgIpc) is 2.62. The lowest BCUT2D eigenvalue weighted by Gasteiger charge is -2.19. The predicted octanol–water partition coefficient (Wildman–Crippen LogP) is 4.22. The first-order valence-corrected chi connectivity index (χ1v) is 9.29. The Morgan fingerprint density at radius 2 is 2.00 bits per heavy atom. The van der Waals surface area contributed by atoms with Crippen LogP contribution in [0.4, 0.5) is 0 Å². The number of nitrogens with one attached hydrogen (secondary N) is 1. The molecule has 0 saturated carbocycles. The van der Waals surface area contributed by atoms with E-state index in [2.05, 4.69) is 21.2 Å². The third-order valence-electron chi connectivity index (χ3n) is 3.95. The number of rotatable bonds is 9. The molecule has 2 rings (SSSR count). The van der Waals surface area contributed by atoms with E-state index in [0.717, 1.165) is 22.0 Å². The fourth-order valence-corrected chi connectivity index (χ4v) is 3.08. The fourth-order valence-electron chi connectivity index (χ4n) is 2.70. The molecule has 0 aliphatic rings. The summed E-state index contributed by atoms with van der Waals surface area (Å²) >= 11 is 3.44. The summed E-state index contributed by atoms with van der Waals surface area (Å²) in [6.07, 6.45) is 1.07. The molecule has 4 nitrogen and oxygen atoms in total. The number of hydrogen-bond donors (Lipinski definition) is 2. The molecular formula is C20H24BrNO3. The van der Waals surface area contributed by atoms with Crippen LogP contribution in [0, 0.1) is 0 Å². The lowest BCUT2D eigenvalue weighted by molar-refractivity contribution is -0.121. The van der Waals surface area contributed by atoms with Gasteiger partial charge in [-0.15, -0.1) is 0 Å². The van der Waals surface area contributed by atoms with E-state index in [1.165, 1.54) is 0 Å². The Bertz CT molecular complexity index is 676. The molecule has 0 spiro atoms. The molecule has 134 valence electrons. The van der Waals surface area contributed by atoms with Gasteiger partial charge in [0.15, 0.2) is 0 Å². The van der Waals surface area contributed by atoms with Gasteiger partial charge in [-0.25, -0.2) is 0 Å². The van der Waals surface area contributed by atoms with Crippen molar-refractivity contribution < 1.29 is 14.6 Å². The van der Waals surface area contributed by atoms with Gasteiger partial charge in [-0.3, -0.25) is 4.79 Å². The highest BCUT2D eigenvalue weighted by Crippen LogP contribution is 2.35. The number of phenols is 1. The summed E-state index contributed by atoms with van der Waals surface area (Å²) in [6.45, 7) is 3.87. The lowest BCUT2D eigenvalue weighted by Crippen LogP contribution is -2.27. The van der Waals surface area contributed by atoms with Crippen molar-refractivity contribution in [3.05, 3.63) is 64.1 Å². The normalized spacial score (nSPS) is 11.9. The Hall–Kier alpha value is -1.85. The van der Waals surface area contributed by atoms with Gasteiger partial charge in [-0.05, 0) is 37.1 Å². The fraction of sp³-hybridized carbons (Fsp3) is 0.350. The number of halogens is 1. The van der Waals surface area contributed by atoms with Crippen LogP contribution in [0.5, 0.6) is 5.75 Å². The number of ether oxygens (including phenoxy) is 1. The smallest absolute Gasteiger partial charge is 0.220 e. The van der Waals surface area contributed by atoms with Crippen molar-refractivity contribution >= 4 is 21.8 Å². The maximum atomic E-state index is 12.4. The second kappa shape index (κ2) is 10.2. The molecule has 0 radical (unpaired) electrons. The molecule has 5 heteroatoms. The molecule has 2 N–H and O–H groups in total. The van der Waals surface area contributed by atoms with E-state index in [-0.39, 0.29) is 24.0 Å². The number of phenolic OH excluding ortho intramolecular Hbond substituents is 1. The van der Waals surface area contributed by atoms with Crippen LogP contribution in [0.1, 0.15) is 36.8 Å². The Kier molecular flexibility index (Phi) is 7.95. The number of amides is 1. The summed E-state index contributed by atoms with van der Waals surface area (Å²) in [7, 11) is 0. The predicted molar refractivity (Wildman–Crippen MR) is 103 cm³/mol. The van der Waals surface area contributed by atoms with Crippen molar-refractivity contribution in [1.29, 1.82) is 0 Å². The largest absolute Gasteiger partial charge is 0.508 e.